The normalized spacial score (nSPS) is 11.6. The fourth-order valence-corrected chi connectivity index (χ4v) is 2.52. The summed E-state index contributed by atoms with van der Waals surface area (Å²) >= 11 is 1.43. The quantitative estimate of drug-likeness (QED) is 0.785. The number of hydrogen-bond donors (Lipinski definition) is 0. The number of rotatable bonds is 3. The van der Waals surface area contributed by atoms with Crippen LogP contribution >= 0.6 is 11.3 Å². The summed E-state index contributed by atoms with van der Waals surface area (Å²) in [6.07, 6.45) is 1.47. The molecule has 0 atom stereocenters. The van der Waals surface area contributed by atoms with Gasteiger partial charge < -0.3 is 4.74 Å². The Morgan fingerprint density at radius 3 is 2.78 bits per heavy atom. The van der Waals surface area contributed by atoms with E-state index in [9.17, 15) is 4.79 Å². The number of carbonyl (C=O) groups is 1. The first-order valence-electron chi connectivity index (χ1n) is 5.35. The molecule has 0 saturated heterocycles. The van der Waals surface area contributed by atoms with Gasteiger partial charge in [-0.05, 0) is 13.8 Å². The van der Waals surface area contributed by atoms with Gasteiger partial charge in [-0.15, -0.1) is 11.3 Å². The van der Waals surface area contributed by atoms with E-state index in [1.165, 1.54) is 24.8 Å². The molecule has 0 aromatic carbocycles. The van der Waals surface area contributed by atoms with Gasteiger partial charge in [0.2, 0.25) is 0 Å². The first-order chi connectivity index (χ1) is 8.46. The van der Waals surface area contributed by atoms with Crippen LogP contribution in [-0.2, 0) is 22.0 Å². The number of aromatic nitrogens is 4. The van der Waals surface area contributed by atoms with Crippen molar-refractivity contribution in [2.24, 2.45) is 7.05 Å². The van der Waals surface area contributed by atoms with E-state index in [4.69, 9.17) is 4.74 Å². The van der Waals surface area contributed by atoms with Gasteiger partial charge in [0, 0.05) is 12.4 Å². The maximum atomic E-state index is 11.7. The Morgan fingerprint density at radius 1 is 1.50 bits per heavy atom. The zero-order valence-electron chi connectivity index (χ0n) is 10.7. The summed E-state index contributed by atoms with van der Waals surface area (Å²) in [7, 11) is 3.18. The van der Waals surface area contributed by atoms with Crippen LogP contribution in [0.5, 0.6) is 0 Å². The third-order valence-corrected chi connectivity index (χ3v) is 3.58. The number of nitrogens with zero attached hydrogens (tertiary/aromatic N) is 4. The largest absolute Gasteiger partial charge is 0.468 e. The van der Waals surface area contributed by atoms with Gasteiger partial charge >= 0.3 is 5.97 Å². The van der Waals surface area contributed by atoms with E-state index < -0.39 is 5.41 Å². The summed E-state index contributed by atoms with van der Waals surface area (Å²) in [4.78, 5) is 20.3. The number of aryl methyl sites for hydroxylation is 1. The van der Waals surface area contributed by atoms with Crippen molar-refractivity contribution >= 4 is 17.3 Å². The fraction of sp³-hybridized carbons (Fsp3) is 0.455. The number of carbonyl (C=O) groups excluding carboxylic acids is 1. The highest BCUT2D eigenvalue weighted by molar-refractivity contribution is 7.13. The van der Waals surface area contributed by atoms with Crippen LogP contribution < -0.4 is 0 Å². The predicted octanol–water partition coefficient (Wildman–Crippen LogP) is 1.39. The second-order valence-corrected chi connectivity index (χ2v) is 5.22. The molecule has 0 N–H and O–H groups in total. The summed E-state index contributed by atoms with van der Waals surface area (Å²) < 4.78 is 6.43. The maximum absolute atomic E-state index is 11.7. The molecule has 96 valence electrons. The van der Waals surface area contributed by atoms with Gasteiger partial charge in [-0.25, -0.2) is 14.6 Å². The minimum Gasteiger partial charge on any atom is -0.468 e. The lowest BCUT2D eigenvalue weighted by atomic mass is 9.90. The number of methoxy groups -OCH3 is 1. The molecule has 0 amide bonds. The minimum atomic E-state index is -0.762. The predicted molar refractivity (Wildman–Crippen MR) is 67.2 cm³/mol. The topological polar surface area (TPSA) is 69.9 Å². The van der Waals surface area contributed by atoms with Crippen LogP contribution in [0.4, 0.5) is 0 Å². The van der Waals surface area contributed by atoms with Crippen LogP contribution in [0.1, 0.15) is 19.5 Å². The highest BCUT2D eigenvalue weighted by Gasteiger charge is 2.33. The Balaban J connectivity index is 2.37. The molecule has 2 heterocycles. The molecule has 0 radical (unpaired) electrons. The lowest BCUT2D eigenvalue weighted by molar-refractivity contribution is -0.146. The molecule has 0 aliphatic carbocycles. The van der Waals surface area contributed by atoms with Crippen molar-refractivity contribution in [2.45, 2.75) is 19.3 Å². The molecule has 2 aromatic heterocycles. The minimum absolute atomic E-state index is 0.308. The van der Waals surface area contributed by atoms with Gasteiger partial charge in [0.25, 0.3) is 0 Å². The third kappa shape index (κ3) is 2.01. The monoisotopic (exact) mass is 266 g/mol. The zero-order valence-corrected chi connectivity index (χ0v) is 11.5. The van der Waals surface area contributed by atoms with E-state index in [0.717, 1.165) is 5.01 Å². The van der Waals surface area contributed by atoms with Gasteiger partial charge in [0.15, 0.2) is 10.8 Å². The van der Waals surface area contributed by atoms with Gasteiger partial charge in [-0.3, -0.25) is 4.79 Å². The molecule has 7 heteroatoms. The van der Waals surface area contributed by atoms with E-state index >= 15 is 0 Å². The van der Waals surface area contributed by atoms with Crippen molar-refractivity contribution in [1.82, 2.24) is 19.7 Å². The van der Waals surface area contributed by atoms with E-state index in [1.54, 1.807) is 25.6 Å². The Morgan fingerprint density at radius 2 is 2.22 bits per heavy atom. The van der Waals surface area contributed by atoms with Crippen LogP contribution in [-0.4, -0.2) is 32.8 Å². The van der Waals surface area contributed by atoms with Crippen molar-refractivity contribution in [1.29, 1.82) is 0 Å². The smallest absolute Gasteiger partial charge is 0.317 e. The molecular weight excluding hydrogens is 252 g/mol. The number of ether oxygens (including phenoxy) is 1. The van der Waals surface area contributed by atoms with E-state index in [1.807, 2.05) is 5.38 Å². The number of esters is 1. The summed E-state index contributed by atoms with van der Waals surface area (Å²) in [6.45, 7) is 3.57. The van der Waals surface area contributed by atoms with Crippen LogP contribution in [0.2, 0.25) is 0 Å². The molecule has 0 unspecified atom stereocenters. The van der Waals surface area contributed by atoms with Crippen LogP contribution in [0.25, 0.3) is 10.8 Å². The van der Waals surface area contributed by atoms with Crippen molar-refractivity contribution in [3.63, 3.8) is 0 Å². The summed E-state index contributed by atoms with van der Waals surface area (Å²) in [5, 5.41) is 6.58. The fourth-order valence-electron chi connectivity index (χ4n) is 1.51. The molecule has 18 heavy (non-hydrogen) atoms. The first kappa shape index (κ1) is 12.7. The summed E-state index contributed by atoms with van der Waals surface area (Å²) in [6, 6.07) is 0. The Kier molecular flexibility index (Phi) is 3.16. The molecule has 0 saturated carbocycles. The van der Waals surface area contributed by atoms with Crippen LogP contribution in [0, 0.1) is 0 Å². The molecule has 2 rings (SSSR count). The number of thiazole rings is 1. The molecule has 0 aliphatic rings. The lowest BCUT2D eigenvalue weighted by Gasteiger charge is -2.18. The standard InChI is InChI=1S/C11H14N4O2S/c1-11(2,10(16)17-4)7-5-18-9(14-7)8-12-6-13-15(8)3/h5-6H,1-4H3. The summed E-state index contributed by atoms with van der Waals surface area (Å²) in [5.74, 6) is 0.379. The highest BCUT2D eigenvalue weighted by Crippen LogP contribution is 2.29. The molecule has 0 fully saturated rings. The second-order valence-electron chi connectivity index (χ2n) is 4.36. The summed E-state index contributed by atoms with van der Waals surface area (Å²) in [5.41, 5.74) is -0.0837. The molecule has 0 bridgehead atoms. The van der Waals surface area contributed by atoms with Gasteiger partial charge in [-0.1, -0.05) is 0 Å². The van der Waals surface area contributed by atoms with Crippen molar-refractivity contribution in [3.8, 4) is 10.8 Å². The SMILES string of the molecule is COC(=O)C(C)(C)c1csc(-c2ncnn2C)n1. The van der Waals surface area contributed by atoms with Gasteiger partial charge in [-0.2, -0.15) is 5.10 Å². The van der Waals surface area contributed by atoms with E-state index in [0.29, 0.717) is 11.5 Å². The average molecular weight is 266 g/mol. The van der Waals surface area contributed by atoms with Crippen molar-refractivity contribution in [3.05, 3.63) is 17.4 Å². The first-order valence-corrected chi connectivity index (χ1v) is 6.23. The molecule has 6 nitrogen and oxygen atoms in total. The Hall–Kier alpha value is -1.76. The average Bonchev–Trinajstić information content (AvgIpc) is 2.95. The van der Waals surface area contributed by atoms with Crippen molar-refractivity contribution < 1.29 is 9.53 Å². The zero-order chi connectivity index (χ0) is 13.3. The van der Waals surface area contributed by atoms with E-state index in [-0.39, 0.29) is 5.97 Å². The highest BCUT2D eigenvalue weighted by atomic mass is 32.1. The molecule has 0 spiro atoms. The second kappa shape index (κ2) is 4.49. The molecule has 2 aromatic rings. The Labute approximate surface area is 109 Å². The van der Waals surface area contributed by atoms with Gasteiger partial charge in [0.05, 0.1) is 12.8 Å². The van der Waals surface area contributed by atoms with Gasteiger partial charge in [0.1, 0.15) is 11.7 Å². The number of hydrogen-bond acceptors (Lipinski definition) is 6. The molecule has 0 aliphatic heterocycles. The maximum Gasteiger partial charge on any atom is 0.317 e. The van der Waals surface area contributed by atoms with E-state index in [2.05, 4.69) is 15.1 Å². The van der Waals surface area contributed by atoms with Crippen LogP contribution in [0.3, 0.4) is 0 Å². The Bertz CT molecular complexity index is 573. The van der Waals surface area contributed by atoms with Crippen molar-refractivity contribution in [2.75, 3.05) is 7.11 Å². The lowest BCUT2D eigenvalue weighted by Crippen LogP contribution is -2.30. The third-order valence-electron chi connectivity index (χ3n) is 2.74. The molecular formula is C11H14N4O2S. The van der Waals surface area contributed by atoms with Crippen LogP contribution in [0.15, 0.2) is 11.7 Å².